The largest absolute Gasteiger partial charge is 0.351 e. The van der Waals surface area contributed by atoms with E-state index < -0.39 is 0 Å². The lowest BCUT2D eigenvalue weighted by Gasteiger charge is -2.17. The van der Waals surface area contributed by atoms with Crippen LogP contribution < -0.4 is 4.90 Å². The molecular formula is C22H27N3. The van der Waals surface area contributed by atoms with Gasteiger partial charge in [-0.1, -0.05) is 43.7 Å². The van der Waals surface area contributed by atoms with Crippen LogP contribution >= 0.6 is 0 Å². The molecule has 1 aliphatic rings. The number of benzene rings is 1. The Morgan fingerprint density at radius 3 is 2.52 bits per heavy atom. The minimum Gasteiger partial charge on any atom is -0.351 e. The number of hydrogen-bond acceptors (Lipinski definition) is 2. The quantitative estimate of drug-likeness (QED) is 0.648. The summed E-state index contributed by atoms with van der Waals surface area (Å²) in [6.45, 7) is 10.6. The van der Waals surface area contributed by atoms with Crippen molar-refractivity contribution < 1.29 is 0 Å². The molecule has 25 heavy (non-hydrogen) atoms. The molecule has 0 unspecified atom stereocenters. The van der Waals surface area contributed by atoms with Crippen LogP contribution in [0.25, 0.3) is 5.57 Å². The Morgan fingerprint density at radius 1 is 1.16 bits per heavy atom. The highest BCUT2D eigenvalue weighted by Gasteiger charge is 2.20. The Labute approximate surface area is 151 Å². The fourth-order valence-electron chi connectivity index (χ4n) is 3.33. The van der Waals surface area contributed by atoms with Crippen LogP contribution in [-0.4, -0.2) is 16.8 Å². The average molecular weight is 333 g/mol. The second-order valence-corrected chi connectivity index (χ2v) is 6.87. The fourth-order valence-corrected chi connectivity index (χ4v) is 3.33. The van der Waals surface area contributed by atoms with E-state index in [1.165, 1.54) is 31.2 Å². The van der Waals surface area contributed by atoms with Gasteiger partial charge in [0.15, 0.2) is 0 Å². The summed E-state index contributed by atoms with van der Waals surface area (Å²) in [5, 5.41) is 4.53. The van der Waals surface area contributed by atoms with E-state index in [-0.39, 0.29) is 0 Å². The zero-order valence-electron chi connectivity index (χ0n) is 15.3. The van der Waals surface area contributed by atoms with Gasteiger partial charge in [0.25, 0.3) is 0 Å². The van der Waals surface area contributed by atoms with Crippen LogP contribution in [0.15, 0.2) is 67.5 Å². The number of allylic oxidation sites excluding steroid dienone is 3. The van der Waals surface area contributed by atoms with Gasteiger partial charge in [0.1, 0.15) is 0 Å². The van der Waals surface area contributed by atoms with E-state index in [0.29, 0.717) is 6.04 Å². The molecule has 2 aromatic rings. The van der Waals surface area contributed by atoms with E-state index in [2.05, 4.69) is 59.0 Å². The molecule has 0 bridgehead atoms. The van der Waals surface area contributed by atoms with Gasteiger partial charge < -0.3 is 4.90 Å². The maximum absolute atomic E-state index is 4.53. The molecule has 0 saturated heterocycles. The Bertz CT molecular complexity index is 774. The predicted octanol–water partition coefficient (Wildman–Crippen LogP) is 5.53. The minimum absolute atomic E-state index is 0.508. The summed E-state index contributed by atoms with van der Waals surface area (Å²) >= 11 is 0. The molecule has 0 amide bonds. The molecular weight excluding hydrogens is 306 g/mol. The third kappa shape index (κ3) is 3.93. The highest BCUT2D eigenvalue weighted by atomic mass is 15.3. The molecule has 0 spiro atoms. The Balaban J connectivity index is 1.69. The Kier molecular flexibility index (Phi) is 5.22. The third-order valence-electron chi connectivity index (χ3n) is 4.98. The van der Waals surface area contributed by atoms with Crippen molar-refractivity contribution in [3.8, 4) is 0 Å². The van der Waals surface area contributed by atoms with E-state index in [1.807, 2.05) is 31.6 Å². The second-order valence-electron chi connectivity index (χ2n) is 6.87. The van der Waals surface area contributed by atoms with E-state index in [1.54, 1.807) is 0 Å². The maximum atomic E-state index is 4.53. The zero-order chi connectivity index (χ0) is 17.8. The van der Waals surface area contributed by atoms with Crippen molar-refractivity contribution in [2.45, 2.75) is 38.6 Å². The molecule has 0 atom stereocenters. The summed E-state index contributed by atoms with van der Waals surface area (Å²) in [6, 6.07) is 11.0. The van der Waals surface area contributed by atoms with Crippen LogP contribution in [-0.2, 0) is 0 Å². The standard InChI is InChI=1S/C22H27N3/c1-17-9-11-20(12-10-17)24(4)16-14-18(2)19(3)22-13-15-23-25(22)21-7-5-6-8-21/h9-16,21H,2-3,5-8H2,1,4H3/b16-14-. The molecule has 0 N–H and O–H groups in total. The molecule has 3 heteroatoms. The second kappa shape index (κ2) is 7.56. The summed E-state index contributed by atoms with van der Waals surface area (Å²) in [5.74, 6) is 0. The predicted molar refractivity (Wildman–Crippen MR) is 107 cm³/mol. The molecule has 3 nitrogen and oxygen atoms in total. The highest BCUT2D eigenvalue weighted by molar-refractivity contribution is 5.77. The summed E-state index contributed by atoms with van der Waals surface area (Å²) in [6.07, 6.45) is 10.9. The molecule has 0 aliphatic heterocycles. The lowest BCUT2D eigenvalue weighted by molar-refractivity contribution is 0.463. The lowest BCUT2D eigenvalue weighted by atomic mass is 10.1. The zero-order valence-corrected chi connectivity index (χ0v) is 15.3. The van der Waals surface area contributed by atoms with Gasteiger partial charge in [-0.15, -0.1) is 0 Å². The van der Waals surface area contributed by atoms with Crippen molar-refractivity contribution in [1.29, 1.82) is 0 Å². The van der Waals surface area contributed by atoms with Crippen molar-refractivity contribution in [1.82, 2.24) is 9.78 Å². The highest BCUT2D eigenvalue weighted by Crippen LogP contribution is 2.32. The first-order valence-corrected chi connectivity index (χ1v) is 8.96. The topological polar surface area (TPSA) is 21.1 Å². The van der Waals surface area contributed by atoms with Crippen LogP contribution in [0, 0.1) is 6.92 Å². The fraction of sp³-hybridized carbons (Fsp3) is 0.318. The number of aromatic nitrogens is 2. The van der Waals surface area contributed by atoms with Crippen LogP contribution in [0.1, 0.15) is 43.0 Å². The van der Waals surface area contributed by atoms with Crippen LogP contribution in [0.4, 0.5) is 5.69 Å². The first-order valence-electron chi connectivity index (χ1n) is 8.96. The van der Waals surface area contributed by atoms with Crippen LogP contribution in [0.5, 0.6) is 0 Å². The molecule has 0 radical (unpaired) electrons. The van der Waals surface area contributed by atoms with Gasteiger partial charge in [-0.05, 0) is 55.2 Å². The van der Waals surface area contributed by atoms with Crippen molar-refractivity contribution >= 4 is 11.3 Å². The van der Waals surface area contributed by atoms with Gasteiger partial charge >= 0.3 is 0 Å². The van der Waals surface area contributed by atoms with Gasteiger partial charge in [-0.2, -0.15) is 5.10 Å². The monoisotopic (exact) mass is 333 g/mol. The Hall–Kier alpha value is -2.55. The van der Waals surface area contributed by atoms with Crippen molar-refractivity contribution in [2.24, 2.45) is 0 Å². The number of aryl methyl sites for hydroxylation is 1. The summed E-state index contributed by atoms with van der Waals surface area (Å²) in [5.41, 5.74) is 5.35. The molecule has 3 rings (SSSR count). The first-order chi connectivity index (χ1) is 12.1. The number of hydrogen-bond donors (Lipinski definition) is 0. The van der Waals surface area contributed by atoms with E-state index in [0.717, 1.165) is 22.5 Å². The molecule has 1 fully saturated rings. The average Bonchev–Trinajstić information content (AvgIpc) is 3.30. The summed E-state index contributed by atoms with van der Waals surface area (Å²) in [7, 11) is 2.04. The maximum Gasteiger partial charge on any atom is 0.0685 e. The normalized spacial score (nSPS) is 15.0. The Morgan fingerprint density at radius 2 is 1.84 bits per heavy atom. The number of nitrogens with zero attached hydrogens (tertiary/aromatic N) is 3. The minimum atomic E-state index is 0.508. The van der Waals surface area contributed by atoms with Crippen LogP contribution in [0.2, 0.25) is 0 Å². The van der Waals surface area contributed by atoms with Crippen molar-refractivity contribution in [2.75, 3.05) is 11.9 Å². The van der Waals surface area contributed by atoms with Gasteiger partial charge in [0.05, 0.1) is 11.7 Å². The molecule has 130 valence electrons. The molecule has 1 saturated carbocycles. The SMILES string of the molecule is C=C(/C=C\N(C)c1ccc(C)cc1)C(=C)c1ccnn1C1CCCC1. The number of rotatable bonds is 6. The molecule has 1 aliphatic carbocycles. The first kappa shape index (κ1) is 17.3. The molecule has 1 aromatic heterocycles. The summed E-state index contributed by atoms with van der Waals surface area (Å²) in [4.78, 5) is 2.09. The van der Waals surface area contributed by atoms with Crippen molar-refractivity contribution in [3.63, 3.8) is 0 Å². The van der Waals surface area contributed by atoms with Crippen molar-refractivity contribution in [3.05, 3.63) is 78.8 Å². The van der Waals surface area contributed by atoms with Crippen LogP contribution in [0.3, 0.4) is 0 Å². The van der Waals surface area contributed by atoms with Gasteiger partial charge in [-0.25, -0.2) is 0 Å². The molecule has 1 aromatic carbocycles. The van der Waals surface area contributed by atoms with Gasteiger partial charge in [0, 0.05) is 25.1 Å². The summed E-state index contributed by atoms with van der Waals surface area (Å²) < 4.78 is 2.14. The number of anilines is 1. The third-order valence-corrected chi connectivity index (χ3v) is 4.98. The van der Waals surface area contributed by atoms with E-state index >= 15 is 0 Å². The van der Waals surface area contributed by atoms with Gasteiger partial charge in [0.2, 0.25) is 0 Å². The van der Waals surface area contributed by atoms with E-state index in [4.69, 9.17) is 0 Å². The lowest BCUT2D eigenvalue weighted by Crippen LogP contribution is -2.10. The van der Waals surface area contributed by atoms with Gasteiger partial charge in [-0.3, -0.25) is 4.68 Å². The smallest absolute Gasteiger partial charge is 0.0685 e. The molecule has 1 heterocycles. The van der Waals surface area contributed by atoms with E-state index in [9.17, 15) is 0 Å².